The molecule has 2 amide bonds. The lowest BCUT2D eigenvalue weighted by molar-refractivity contribution is -0.467. The van der Waals surface area contributed by atoms with Crippen LogP contribution in [0.4, 0.5) is 0 Å². The molecule has 2 aliphatic rings. The van der Waals surface area contributed by atoms with Crippen molar-refractivity contribution in [2.75, 3.05) is 20.6 Å². The molecule has 128 valence electrons. The van der Waals surface area contributed by atoms with Crippen LogP contribution >= 0.6 is 0 Å². The number of rotatable bonds is 4. The van der Waals surface area contributed by atoms with Crippen LogP contribution in [0.25, 0.3) is 5.57 Å². The monoisotopic (exact) mass is 336 g/mol. The third kappa shape index (κ3) is 3.18. The topological polar surface area (TPSA) is 54.6 Å². The Hall–Kier alpha value is -2.95. The van der Waals surface area contributed by atoms with E-state index < -0.39 is 0 Å². The summed E-state index contributed by atoms with van der Waals surface area (Å²) >= 11 is 0. The first-order valence-electron chi connectivity index (χ1n) is 8.28. The van der Waals surface area contributed by atoms with E-state index in [-0.39, 0.29) is 17.9 Å². The van der Waals surface area contributed by atoms with Gasteiger partial charge in [-0.3, -0.25) is 9.59 Å². The van der Waals surface area contributed by atoms with Crippen LogP contribution < -0.4 is 4.99 Å². The molecule has 2 heterocycles. The molecule has 0 radical (unpaired) electrons. The van der Waals surface area contributed by atoms with E-state index in [0.717, 1.165) is 16.7 Å². The van der Waals surface area contributed by atoms with Crippen LogP contribution in [-0.4, -0.2) is 54.5 Å². The SMILES string of the molecule is CC=CCN1C=C(c2ccc(C(=O)N(C)C)cc2)C2=CC=[NH+]C2C1=O. The summed E-state index contributed by atoms with van der Waals surface area (Å²) in [5.74, 6) is 0.0169. The Balaban J connectivity index is 1.96. The Kier molecular flexibility index (Phi) is 4.65. The summed E-state index contributed by atoms with van der Waals surface area (Å²) < 4.78 is 0. The van der Waals surface area contributed by atoms with E-state index in [1.807, 2.05) is 61.8 Å². The number of allylic oxidation sites excluding steroid dienone is 2. The van der Waals surface area contributed by atoms with Crippen molar-refractivity contribution < 1.29 is 14.6 Å². The maximum atomic E-state index is 12.6. The van der Waals surface area contributed by atoms with Gasteiger partial charge >= 0.3 is 0 Å². The Morgan fingerprint density at radius 1 is 1.28 bits per heavy atom. The van der Waals surface area contributed by atoms with Gasteiger partial charge in [0.1, 0.15) is 0 Å². The van der Waals surface area contributed by atoms with Crippen molar-refractivity contribution in [3.8, 4) is 0 Å². The maximum Gasteiger partial charge on any atom is 0.300 e. The van der Waals surface area contributed by atoms with Crippen molar-refractivity contribution in [1.82, 2.24) is 9.80 Å². The minimum Gasteiger partial charge on any atom is -0.345 e. The molecule has 25 heavy (non-hydrogen) atoms. The molecule has 3 rings (SSSR count). The maximum absolute atomic E-state index is 12.6. The highest BCUT2D eigenvalue weighted by Gasteiger charge is 2.39. The van der Waals surface area contributed by atoms with E-state index in [9.17, 15) is 9.59 Å². The fourth-order valence-corrected chi connectivity index (χ4v) is 2.98. The summed E-state index contributed by atoms with van der Waals surface area (Å²) in [6.07, 6.45) is 9.55. The Labute approximate surface area is 147 Å². The van der Waals surface area contributed by atoms with Gasteiger partial charge in [0, 0.05) is 49.6 Å². The van der Waals surface area contributed by atoms with Gasteiger partial charge in [-0.1, -0.05) is 24.3 Å². The molecule has 1 unspecified atom stereocenters. The molecular weight excluding hydrogens is 314 g/mol. The summed E-state index contributed by atoms with van der Waals surface area (Å²) in [7, 11) is 3.47. The van der Waals surface area contributed by atoms with Crippen molar-refractivity contribution >= 4 is 23.6 Å². The van der Waals surface area contributed by atoms with Crippen LogP contribution in [-0.2, 0) is 4.79 Å². The molecule has 0 saturated heterocycles. The van der Waals surface area contributed by atoms with Crippen LogP contribution in [0.15, 0.2) is 54.3 Å². The van der Waals surface area contributed by atoms with Gasteiger partial charge in [0.25, 0.3) is 17.9 Å². The number of hydrogen-bond acceptors (Lipinski definition) is 2. The Bertz CT molecular complexity index is 814. The molecule has 0 fully saturated rings. The van der Waals surface area contributed by atoms with Gasteiger partial charge in [0.2, 0.25) is 0 Å². The van der Waals surface area contributed by atoms with Crippen molar-refractivity contribution in [3.05, 3.63) is 65.4 Å². The first kappa shape index (κ1) is 16.9. The van der Waals surface area contributed by atoms with Gasteiger partial charge < -0.3 is 9.80 Å². The molecule has 2 aliphatic heterocycles. The van der Waals surface area contributed by atoms with Crippen molar-refractivity contribution in [1.29, 1.82) is 0 Å². The number of benzene rings is 1. The molecular formula is C20H22N3O2+. The second kappa shape index (κ2) is 6.89. The Morgan fingerprint density at radius 3 is 2.64 bits per heavy atom. The number of amides is 2. The highest BCUT2D eigenvalue weighted by atomic mass is 16.2. The van der Waals surface area contributed by atoms with Gasteiger partial charge in [-0.2, -0.15) is 0 Å². The number of nitrogens with one attached hydrogen (secondary N) is 1. The second-order valence-corrected chi connectivity index (χ2v) is 6.27. The summed E-state index contributed by atoms with van der Waals surface area (Å²) in [5, 5.41) is 0. The number of hydrogen-bond donors (Lipinski definition) is 1. The largest absolute Gasteiger partial charge is 0.345 e. The molecule has 0 aliphatic carbocycles. The standard InChI is InChI=1S/C20H21N3O2/c1-4-5-12-23-13-17(16-10-11-21-18(16)20(23)25)14-6-8-15(9-7-14)19(24)22(2)3/h4-11,13,18H,12H2,1-3H3/p+1. The summed E-state index contributed by atoms with van der Waals surface area (Å²) in [6.45, 7) is 2.48. The van der Waals surface area contributed by atoms with Crippen molar-refractivity contribution in [2.24, 2.45) is 0 Å². The number of fused-ring (bicyclic) bond motifs is 1. The smallest absolute Gasteiger partial charge is 0.300 e. The van der Waals surface area contributed by atoms with E-state index in [1.54, 1.807) is 23.9 Å². The van der Waals surface area contributed by atoms with Crippen LogP contribution in [0.3, 0.4) is 0 Å². The lowest BCUT2D eigenvalue weighted by Gasteiger charge is -2.26. The summed E-state index contributed by atoms with van der Waals surface area (Å²) in [4.78, 5) is 31.0. The van der Waals surface area contributed by atoms with E-state index in [0.29, 0.717) is 12.1 Å². The predicted octanol–water partition coefficient (Wildman–Crippen LogP) is 0.608. The zero-order valence-corrected chi connectivity index (χ0v) is 14.7. The van der Waals surface area contributed by atoms with E-state index in [2.05, 4.69) is 4.99 Å². The molecule has 1 atom stereocenters. The molecule has 1 aromatic carbocycles. The molecule has 1 aromatic rings. The van der Waals surface area contributed by atoms with Crippen molar-refractivity contribution in [3.63, 3.8) is 0 Å². The molecule has 1 N–H and O–H groups in total. The number of carbonyl (C=O) groups excluding carboxylic acids is 2. The first-order chi connectivity index (χ1) is 12.0. The fourth-order valence-electron chi connectivity index (χ4n) is 2.98. The highest BCUT2D eigenvalue weighted by Crippen LogP contribution is 2.30. The van der Waals surface area contributed by atoms with E-state index in [4.69, 9.17) is 0 Å². The minimum absolute atomic E-state index is 0.0259. The minimum atomic E-state index is -0.340. The zero-order chi connectivity index (χ0) is 18.0. The van der Waals surface area contributed by atoms with Gasteiger partial charge in [-0.05, 0) is 24.6 Å². The second-order valence-electron chi connectivity index (χ2n) is 6.27. The average molecular weight is 336 g/mol. The van der Waals surface area contributed by atoms with Gasteiger partial charge in [0.05, 0.1) is 0 Å². The first-order valence-corrected chi connectivity index (χ1v) is 8.28. The number of carbonyl (C=O) groups is 2. The van der Waals surface area contributed by atoms with E-state index in [1.165, 1.54) is 0 Å². The lowest BCUT2D eigenvalue weighted by atomic mass is 9.90. The highest BCUT2D eigenvalue weighted by molar-refractivity contribution is 6.01. The molecule has 5 heteroatoms. The average Bonchev–Trinajstić information content (AvgIpc) is 3.11. The molecule has 0 spiro atoms. The van der Waals surface area contributed by atoms with Gasteiger partial charge in [0.15, 0.2) is 6.21 Å². The Morgan fingerprint density at radius 2 is 2.00 bits per heavy atom. The third-order valence-electron chi connectivity index (χ3n) is 4.35. The quantitative estimate of drug-likeness (QED) is 0.819. The van der Waals surface area contributed by atoms with Crippen LogP contribution in [0.5, 0.6) is 0 Å². The summed E-state index contributed by atoms with van der Waals surface area (Å²) in [6, 6.07) is 7.18. The normalized spacial score (nSPS) is 19.1. The van der Waals surface area contributed by atoms with Crippen molar-refractivity contribution in [2.45, 2.75) is 13.0 Å². The van der Waals surface area contributed by atoms with E-state index >= 15 is 0 Å². The van der Waals surface area contributed by atoms with Gasteiger partial charge in [-0.15, -0.1) is 0 Å². The van der Waals surface area contributed by atoms with Crippen LogP contribution in [0.1, 0.15) is 22.8 Å². The summed E-state index contributed by atoms with van der Waals surface area (Å²) in [5.41, 5.74) is 3.60. The third-order valence-corrected chi connectivity index (χ3v) is 4.35. The molecule has 5 nitrogen and oxygen atoms in total. The van der Waals surface area contributed by atoms with Crippen LogP contribution in [0, 0.1) is 0 Å². The molecule has 0 aromatic heterocycles. The lowest BCUT2D eigenvalue weighted by Crippen LogP contribution is -2.79. The number of nitrogens with zero attached hydrogens (tertiary/aromatic N) is 2. The zero-order valence-electron chi connectivity index (χ0n) is 14.7. The van der Waals surface area contributed by atoms with Gasteiger partial charge in [-0.25, -0.2) is 4.99 Å². The predicted molar refractivity (Wildman–Crippen MR) is 97.9 cm³/mol. The van der Waals surface area contributed by atoms with Crippen LogP contribution in [0.2, 0.25) is 0 Å². The molecule has 0 saturated carbocycles. The fraction of sp³-hybridized carbons (Fsp3) is 0.250. The molecule has 0 bridgehead atoms.